The molecule has 8 rings (SSSR count). The number of imide groups is 1. The Labute approximate surface area is 233 Å². The second kappa shape index (κ2) is 8.85. The number of fused-ring (bicyclic) bond motifs is 2. The number of amides is 3. The van der Waals surface area contributed by atoms with Crippen LogP contribution in [0.2, 0.25) is 0 Å². The Morgan fingerprint density at radius 2 is 1.82 bits per heavy atom. The highest BCUT2D eigenvalue weighted by molar-refractivity contribution is 6.23. The number of hydrogen-bond acceptors (Lipinski definition) is 6. The summed E-state index contributed by atoms with van der Waals surface area (Å²) in [6.07, 6.45) is 9.77. The molecule has 3 aliphatic carbocycles. The molecule has 3 aliphatic heterocycles. The van der Waals surface area contributed by atoms with E-state index in [1.807, 2.05) is 30.3 Å². The van der Waals surface area contributed by atoms with Crippen molar-refractivity contribution >= 4 is 23.4 Å². The summed E-state index contributed by atoms with van der Waals surface area (Å²) in [6, 6.07) is 11.3. The smallest absolute Gasteiger partial charge is 0.263 e. The average Bonchev–Trinajstić information content (AvgIpc) is 3.28. The zero-order valence-corrected chi connectivity index (χ0v) is 22.4. The molecule has 8 nitrogen and oxygen atoms in total. The maximum Gasteiger partial charge on any atom is 0.263 e. The molecule has 1 saturated heterocycles. The molecule has 8 heteroatoms. The van der Waals surface area contributed by atoms with Crippen molar-refractivity contribution in [3.63, 3.8) is 0 Å². The van der Waals surface area contributed by atoms with E-state index in [1.165, 1.54) is 17.7 Å². The lowest BCUT2D eigenvalue weighted by molar-refractivity contribution is -0.125. The molecule has 0 radical (unpaired) electrons. The number of allylic oxidation sites excluding steroid dienone is 2. The SMILES string of the molecule is O=C(NCc1ccc2c(c1)OCO2)C1CCN(c2cccc3c2C(=O)N(CC2CC4C=CC2C42CC2)C3=O)CC1. The van der Waals surface area contributed by atoms with Crippen LogP contribution in [0.4, 0.5) is 5.69 Å². The average molecular weight is 540 g/mol. The highest BCUT2D eigenvalue weighted by atomic mass is 16.7. The van der Waals surface area contributed by atoms with Crippen molar-refractivity contribution in [2.75, 3.05) is 31.3 Å². The largest absolute Gasteiger partial charge is 0.454 e. The highest BCUT2D eigenvalue weighted by Crippen LogP contribution is 2.70. The lowest BCUT2D eigenvalue weighted by Gasteiger charge is -2.34. The second-order valence-electron chi connectivity index (χ2n) is 12.3. The fourth-order valence-electron chi connectivity index (χ4n) is 8.08. The van der Waals surface area contributed by atoms with Crippen LogP contribution in [0, 0.1) is 29.1 Å². The van der Waals surface area contributed by atoms with Crippen LogP contribution in [0.15, 0.2) is 48.6 Å². The van der Waals surface area contributed by atoms with Crippen LogP contribution in [0.25, 0.3) is 0 Å². The van der Waals surface area contributed by atoms with E-state index in [-0.39, 0.29) is 30.4 Å². The molecule has 0 aromatic heterocycles. The van der Waals surface area contributed by atoms with Gasteiger partial charge in [-0.3, -0.25) is 19.3 Å². The van der Waals surface area contributed by atoms with Crippen molar-refractivity contribution in [3.05, 3.63) is 65.2 Å². The summed E-state index contributed by atoms with van der Waals surface area (Å²) in [4.78, 5) is 43.7. The first kappa shape index (κ1) is 24.0. The minimum atomic E-state index is -0.157. The third-order valence-corrected chi connectivity index (χ3v) is 10.3. The molecular weight excluding hydrogens is 506 g/mol. The predicted molar refractivity (Wildman–Crippen MR) is 147 cm³/mol. The number of anilines is 1. The molecule has 2 aromatic rings. The lowest BCUT2D eigenvalue weighted by Crippen LogP contribution is -2.41. The topological polar surface area (TPSA) is 88.2 Å². The number of nitrogens with one attached hydrogen (secondary N) is 1. The van der Waals surface area contributed by atoms with Crippen LogP contribution in [-0.2, 0) is 11.3 Å². The zero-order chi connectivity index (χ0) is 27.0. The number of benzene rings is 2. The fourth-order valence-corrected chi connectivity index (χ4v) is 8.08. The molecule has 3 fully saturated rings. The minimum Gasteiger partial charge on any atom is -0.454 e. The van der Waals surface area contributed by atoms with E-state index in [0.717, 1.165) is 23.4 Å². The zero-order valence-electron chi connectivity index (χ0n) is 22.4. The summed E-state index contributed by atoms with van der Waals surface area (Å²) in [5.74, 6) is 2.59. The molecule has 6 aliphatic rings. The van der Waals surface area contributed by atoms with Crippen LogP contribution in [0.1, 0.15) is 58.4 Å². The maximum atomic E-state index is 13.7. The Kier molecular flexibility index (Phi) is 5.31. The highest BCUT2D eigenvalue weighted by Gasteiger charge is 2.63. The van der Waals surface area contributed by atoms with Gasteiger partial charge in [0.15, 0.2) is 11.5 Å². The molecule has 3 atom stereocenters. The Bertz CT molecular complexity index is 1450. The van der Waals surface area contributed by atoms with Gasteiger partial charge in [0.2, 0.25) is 12.7 Å². The summed E-state index contributed by atoms with van der Waals surface area (Å²) < 4.78 is 10.8. The molecule has 3 unspecified atom stereocenters. The molecular formula is C32H33N3O5. The summed E-state index contributed by atoms with van der Waals surface area (Å²) in [5, 5.41) is 3.07. The van der Waals surface area contributed by atoms with Crippen molar-refractivity contribution in [1.29, 1.82) is 0 Å². The van der Waals surface area contributed by atoms with Gasteiger partial charge in [-0.15, -0.1) is 0 Å². The molecule has 3 amide bonds. The van der Waals surface area contributed by atoms with Crippen LogP contribution in [0.3, 0.4) is 0 Å². The van der Waals surface area contributed by atoms with Gasteiger partial charge in [0.05, 0.1) is 16.8 Å². The van der Waals surface area contributed by atoms with Crippen molar-refractivity contribution in [3.8, 4) is 11.5 Å². The summed E-state index contributed by atoms with van der Waals surface area (Å²) in [5.41, 5.74) is 3.29. The molecule has 2 saturated carbocycles. The first-order chi connectivity index (χ1) is 19.5. The van der Waals surface area contributed by atoms with Gasteiger partial charge in [-0.05, 0) is 85.1 Å². The summed E-state index contributed by atoms with van der Waals surface area (Å²) in [7, 11) is 0. The van der Waals surface area contributed by atoms with Gasteiger partial charge < -0.3 is 19.7 Å². The Hall–Kier alpha value is -3.81. The van der Waals surface area contributed by atoms with E-state index >= 15 is 0 Å². The number of carbonyl (C=O) groups is 3. The minimum absolute atomic E-state index is 0.0429. The molecule has 1 spiro atoms. The van der Waals surface area contributed by atoms with E-state index < -0.39 is 0 Å². The molecule has 2 bridgehead atoms. The van der Waals surface area contributed by atoms with E-state index in [9.17, 15) is 14.4 Å². The number of hydrogen-bond donors (Lipinski definition) is 1. The number of piperidine rings is 1. The first-order valence-corrected chi connectivity index (χ1v) is 14.6. The van der Waals surface area contributed by atoms with E-state index in [0.29, 0.717) is 79.1 Å². The van der Waals surface area contributed by atoms with Gasteiger partial charge in [-0.1, -0.05) is 24.3 Å². The lowest BCUT2D eigenvalue weighted by atomic mass is 9.88. The molecule has 2 aromatic carbocycles. The number of nitrogens with zero attached hydrogens (tertiary/aromatic N) is 2. The number of carbonyl (C=O) groups excluding carboxylic acids is 3. The van der Waals surface area contributed by atoms with Gasteiger partial charge in [0.25, 0.3) is 11.8 Å². The van der Waals surface area contributed by atoms with Crippen molar-refractivity contribution in [1.82, 2.24) is 10.2 Å². The Morgan fingerprint density at radius 3 is 2.62 bits per heavy atom. The molecule has 3 heterocycles. The Morgan fingerprint density at radius 1 is 1.00 bits per heavy atom. The third kappa shape index (κ3) is 3.61. The van der Waals surface area contributed by atoms with Gasteiger partial charge in [-0.2, -0.15) is 0 Å². The number of rotatable bonds is 6. The van der Waals surface area contributed by atoms with Crippen LogP contribution in [0.5, 0.6) is 11.5 Å². The van der Waals surface area contributed by atoms with Gasteiger partial charge in [0.1, 0.15) is 0 Å². The number of ether oxygens (including phenoxy) is 2. The van der Waals surface area contributed by atoms with Crippen molar-refractivity contribution < 1.29 is 23.9 Å². The summed E-state index contributed by atoms with van der Waals surface area (Å²) >= 11 is 0. The van der Waals surface area contributed by atoms with Crippen molar-refractivity contribution in [2.45, 2.75) is 38.6 Å². The van der Waals surface area contributed by atoms with E-state index in [2.05, 4.69) is 22.4 Å². The van der Waals surface area contributed by atoms with E-state index in [1.54, 1.807) is 6.07 Å². The normalized spacial score (nSPS) is 27.1. The quantitative estimate of drug-likeness (QED) is 0.439. The van der Waals surface area contributed by atoms with E-state index in [4.69, 9.17) is 9.47 Å². The standard InChI is InChI=1S/C32H33N3O5/c36-29(33-16-19-4-7-26-27(14-19)40-18-39-26)20-8-12-34(13-9-20)25-3-1-2-23-28(25)31(38)35(30(23)37)17-21-15-22-5-6-24(21)32(22)10-11-32/h1-7,14,20-22,24H,8-13,15-18H2,(H,33,36). The van der Waals surface area contributed by atoms with Gasteiger partial charge in [-0.25, -0.2) is 0 Å². The maximum absolute atomic E-state index is 13.7. The van der Waals surface area contributed by atoms with Crippen LogP contribution < -0.4 is 19.7 Å². The predicted octanol–water partition coefficient (Wildman–Crippen LogP) is 4.15. The van der Waals surface area contributed by atoms with Crippen LogP contribution in [-0.4, -0.2) is 49.0 Å². The summed E-state index contributed by atoms with van der Waals surface area (Å²) in [6.45, 7) is 2.52. The monoisotopic (exact) mass is 539 g/mol. The first-order valence-electron chi connectivity index (χ1n) is 14.6. The van der Waals surface area contributed by atoms with Gasteiger partial charge >= 0.3 is 0 Å². The third-order valence-electron chi connectivity index (χ3n) is 10.3. The van der Waals surface area contributed by atoms with Crippen LogP contribution >= 0.6 is 0 Å². The molecule has 40 heavy (non-hydrogen) atoms. The second-order valence-corrected chi connectivity index (χ2v) is 12.3. The Balaban J connectivity index is 0.912. The molecule has 1 N–H and O–H groups in total. The molecule has 206 valence electrons. The fraction of sp³-hybridized carbons (Fsp3) is 0.469. The van der Waals surface area contributed by atoms with Gasteiger partial charge in [0, 0.05) is 32.1 Å². The van der Waals surface area contributed by atoms with Crippen molar-refractivity contribution in [2.24, 2.45) is 29.1 Å².